The molecule has 106 valence electrons. The van der Waals surface area contributed by atoms with Crippen LogP contribution in [0.2, 0.25) is 0 Å². The summed E-state index contributed by atoms with van der Waals surface area (Å²) in [6.07, 6.45) is 2.14. The molecule has 0 fully saturated rings. The van der Waals surface area contributed by atoms with E-state index >= 15 is 0 Å². The summed E-state index contributed by atoms with van der Waals surface area (Å²) in [5, 5.41) is 12.6. The summed E-state index contributed by atoms with van der Waals surface area (Å²) >= 11 is 1.39. The molecule has 0 saturated carbocycles. The standard InChI is InChI=1S/C16H14N2O2S/c1-2-12-14(19)10-13(11-6-4-3-5-7-11)18(15(12)20)16-17-8-9-21-16/h3-10,19H,2H2,1H3. The van der Waals surface area contributed by atoms with Gasteiger partial charge in [0.1, 0.15) is 5.75 Å². The van der Waals surface area contributed by atoms with E-state index in [0.29, 0.717) is 22.8 Å². The summed E-state index contributed by atoms with van der Waals surface area (Å²) in [4.78, 5) is 16.9. The summed E-state index contributed by atoms with van der Waals surface area (Å²) < 4.78 is 1.57. The normalized spacial score (nSPS) is 10.7. The smallest absolute Gasteiger partial charge is 0.264 e. The van der Waals surface area contributed by atoms with Gasteiger partial charge >= 0.3 is 0 Å². The molecule has 0 saturated heterocycles. The Hall–Kier alpha value is -2.40. The molecule has 0 aliphatic carbocycles. The Morgan fingerprint density at radius 1 is 1.29 bits per heavy atom. The molecule has 2 aromatic heterocycles. The number of rotatable bonds is 3. The van der Waals surface area contributed by atoms with E-state index in [1.54, 1.807) is 16.8 Å². The lowest BCUT2D eigenvalue weighted by molar-refractivity contribution is 0.466. The third-order valence-electron chi connectivity index (χ3n) is 3.32. The predicted octanol–water partition coefficient (Wildman–Crippen LogP) is 3.23. The molecule has 1 aromatic carbocycles. The van der Waals surface area contributed by atoms with Gasteiger partial charge in [-0.3, -0.25) is 9.36 Å². The third kappa shape index (κ3) is 2.36. The second-order valence-electron chi connectivity index (χ2n) is 4.57. The molecule has 5 heteroatoms. The highest BCUT2D eigenvalue weighted by molar-refractivity contribution is 7.12. The van der Waals surface area contributed by atoms with Gasteiger partial charge in [-0.15, -0.1) is 11.3 Å². The Balaban J connectivity index is 2.37. The van der Waals surface area contributed by atoms with Gasteiger partial charge in [0, 0.05) is 17.6 Å². The van der Waals surface area contributed by atoms with Crippen LogP contribution in [0.3, 0.4) is 0 Å². The van der Waals surface area contributed by atoms with Crippen molar-refractivity contribution < 1.29 is 5.11 Å². The monoisotopic (exact) mass is 298 g/mol. The molecule has 4 nitrogen and oxygen atoms in total. The van der Waals surface area contributed by atoms with Crippen LogP contribution >= 0.6 is 11.3 Å². The van der Waals surface area contributed by atoms with Crippen molar-refractivity contribution >= 4 is 11.3 Å². The predicted molar refractivity (Wildman–Crippen MR) is 84.2 cm³/mol. The van der Waals surface area contributed by atoms with Crippen LogP contribution in [0.4, 0.5) is 0 Å². The first kappa shape index (κ1) is 13.6. The van der Waals surface area contributed by atoms with Crippen molar-refractivity contribution in [2.45, 2.75) is 13.3 Å². The van der Waals surface area contributed by atoms with E-state index in [-0.39, 0.29) is 11.3 Å². The van der Waals surface area contributed by atoms with E-state index in [0.717, 1.165) is 5.56 Å². The maximum atomic E-state index is 12.7. The lowest BCUT2D eigenvalue weighted by Crippen LogP contribution is -2.23. The fourth-order valence-electron chi connectivity index (χ4n) is 2.31. The maximum absolute atomic E-state index is 12.7. The van der Waals surface area contributed by atoms with Crippen LogP contribution in [0.15, 0.2) is 52.8 Å². The van der Waals surface area contributed by atoms with Crippen molar-refractivity contribution in [1.82, 2.24) is 9.55 Å². The van der Waals surface area contributed by atoms with Crippen molar-refractivity contribution in [3.05, 3.63) is 63.9 Å². The molecule has 21 heavy (non-hydrogen) atoms. The number of aromatic hydroxyl groups is 1. The van der Waals surface area contributed by atoms with Crippen molar-refractivity contribution in [2.75, 3.05) is 0 Å². The van der Waals surface area contributed by atoms with Gasteiger partial charge < -0.3 is 5.11 Å². The Morgan fingerprint density at radius 3 is 2.67 bits per heavy atom. The number of thiazole rings is 1. The van der Waals surface area contributed by atoms with Crippen molar-refractivity contribution in [1.29, 1.82) is 0 Å². The molecular formula is C16H14N2O2S. The van der Waals surface area contributed by atoms with Gasteiger partial charge in [0.05, 0.1) is 11.3 Å². The van der Waals surface area contributed by atoms with E-state index in [9.17, 15) is 9.90 Å². The zero-order chi connectivity index (χ0) is 14.8. The Kier molecular flexibility index (Phi) is 3.58. The highest BCUT2D eigenvalue weighted by Crippen LogP contribution is 2.27. The summed E-state index contributed by atoms with van der Waals surface area (Å²) in [5.74, 6) is 0.0363. The largest absolute Gasteiger partial charge is 0.507 e. The highest BCUT2D eigenvalue weighted by Gasteiger charge is 2.16. The molecule has 1 N–H and O–H groups in total. The number of pyridine rings is 1. The van der Waals surface area contributed by atoms with E-state index in [2.05, 4.69) is 4.98 Å². The van der Waals surface area contributed by atoms with E-state index in [1.165, 1.54) is 11.3 Å². The van der Waals surface area contributed by atoms with Crippen LogP contribution in [-0.2, 0) is 6.42 Å². The van der Waals surface area contributed by atoms with Gasteiger partial charge in [-0.25, -0.2) is 4.98 Å². The summed E-state index contributed by atoms with van der Waals surface area (Å²) in [7, 11) is 0. The van der Waals surface area contributed by atoms with Crippen LogP contribution in [-0.4, -0.2) is 14.7 Å². The SMILES string of the molecule is CCc1c(O)cc(-c2ccccc2)n(-c2nccs2)c1=O. The molecule has 0 atom stereocenters. The quantitative estimate of drug-likeness (QED) is 0.807. The Bertz CT molecular complexity index is 808. The van der Waals surface area contributed by atoms with Crippen LogP contribution < -0.4 is 5.56 Å². The van der Waals surface area contributed by atoms with Gasteiger partial charge in [-0.2, -0.15) is 0 Å². The molecule has 0 aliphatic rings. The molecule has 0 aliphatic heterocycles. The lowest BCUT2D eigenvalue weighted by atomic mass is 10.1. The number of hydrogen-bond acceptors (Lipinski definition) is 4. The van der Waals surface area contributed by atoms with E-state index < -0.39 is 0 Å². The molecule has 0 bridgehead atoms. The minimum Gasteiger partial charge on any atom is -0.507 e. The lowest BCUT2D eigenvalue weighted by Gasteiger charge is -2.13. The fourth-order valence-corrected chi connectivity index (χ4v) is 2.96. The Morgan fingerprint density at radius 2 is 2.05 bits per heavy atom. The number of hydrogen-bond donors (Lipinski definition) is 1. The molecule has 0 amide bonds. The summed E-state index contributed by atoms with van der Waals surface area (Å²) in [6, 6.07) is 11.2. The van der Waals surface area contributed by atoms with Crippen LogP contribution in [0.5, 0.6) is 5.75 Å². The van der Waals surface area contributed by atoms with Gasteiger partial charge in [-0.1, -0.05) is 37.3 Å². The first-order valence-corrected chi connectivity index (χ1v) is 7.53. The summed E-state index contributed by atoms with van der Waals surface area (Å²) in [5.41, 5.74) is 1.70. The number of benzene rings is 1. The van der Waals surface area contributed by atoms with Gasteiger partial charge in [0.15, 0.2) is 5.13 Å². The molecule has 2 heterocycles. The topological polar surface area (TPSA) is 55.1 Å². The molecule has 0 radical (unpaired) electrons. The average molecular weight is 298 g/mol. The second kappa shape index (κ2) is 5.54. The highest BCUT2D eigenvalue weighted by atomic mass is 32.1. The van der Waals surface area contributed by atoms with Crippen LogP contribution in [0, 0.1) is 0 Å². The second-order valence-corrected chi connectivity index (χ2v) is 5.44. The first-order chi connectivity index (χ1) is 10.2. The molecule has 3 rings (SSSR count). The number of aromatic nitrogens is 2. The van der Waals surface area contributed by atoms with Crippen LogP contribution in [0.25, 0.3) is 16.4 Å². The molecule has 3 aromatic rings. The zero-order valence-corrected chi connectivity index (χ0v) is 12.3. The Labute approximate surface area is 126 Å². The first-order valence-electron chi connectivity index (χ1n) is 6.65. The van der Waals surface area contributed by atoms with Gasteiger partial charge in [0.25, 0.3) is 5.56 Å². The number of nitrogens with zero attached hydrogens (tertiary/aromatic N) is 2. The fraction of sp³-hybridized carbons (Fsp3) is 0.125. The minimum atomic E-state index is -0.216. The van der Waals surface area contributed by atoms with Crippen LogP contribution in [0.1, 0.15) is 12.5 Å². The molecule has 0 unspecified atom stereocenters. The third-order valence-corrected chi connectivity index (χ3v) is 4.08. The van der Waals surface area contributed by atoms with E-state index in [1.807, 2.05) is 42.6 Å². The van der Waals surface area contributed by atoms with Gasteiger partial charge in [0.2, 0.25) is 0 Å². The minimum absolute atomic E-state index is 0.0363. The molecule has 0 spiro atoms. The van der Waals surface area contributed by atoms with Crippen molar-refractivity contribution in [2.24, 2.45) is 0 Å². The maximum Gasteiger partial charge on any atom is 0.264 e. The zero-order valence-electron chi connectivity index (χ0n) is 11.5. The average Bonchev–Trinajstić information content (AvgIpc) is 3.02. The van der Waals surface area contributed by atoms with Crippen molar-refractivity contribution in [3.8, 4) is 22.1 Å². The van der Waals surface area contributed by atoms with Gasteiger partial charge in [-0.05, 0) is 12.0 Å². The van der Waals surface area contributed by atoms with E-state index in [4.69, 9.17) is 0 Å². The molecular weight excluding hydrogens is 284 g/mol. The van der Waals surface area contributed by atoms with Crippen molar-refractivity contribution in [3.63, 3.8) is 0 Å². The summed E-state index contributed by atoms with van der Waals surface area (Å²) in [6.45, 7) is 1.85.